The molecule has 14 nitrogen and oxygen atoms in total. The maximum absolute atomic E-state index is 9.49. The summed E-state index contributed by atoms with van der Waals surface area (Å²) in [6.45, 7) is 0. The fraction of sp³-hybridized carbons (Fsp3) is 0. The van der Waals surface area contributed by atoms with Crippen LogP contribution in [0.15, 0.2) is 0 Å². The van der Waals surface area contributed by atoms with E-state index in [1.807, 2.05) is 0 Å². The molecule has 0 radical (unpaired) electrons. The van der Waals surface area contributed by atoms with E-state index < -0.39 is 42.4 Å². The van der Waals surface area contributed by atoms with Crippen LogP contribution in [-0.2, 0) is 49.8 Å². The Hall–Kier alpha value is 1.84. The van der Waals surface area contributed by atoms with E-state index in [1.54, 1.807) is 0 Å². The van der Waals surface area contributed by atoms with Crippen LogP contribution in [0.1, 0.15) is 0 Å². The summed E-state index contributed by atoms with van der Waals surface area (Å²) in [5.41, 5.74) is 0. The summed E-state index contributed by atoms with van der Waals surface area (Å²) >= 11 is -11.8. The van der Waals surface area contributed by atoms with Crippen LogP contribution >= 0.6 is 7.82 Å². The van der Waals surface area contributed by atoms with Gasteiger partial charge in [0.15, 0.2) is 0 Å². The summed E-state index contributed by atoms with van der Waals surface area (Å²) in [7, 11) is -6.81. The molecule has 0 aromatic heterocycles. The van der Waals surface area contributed by atoms with Crippen LogP contribution in [0.5, 0.6) is 0 Å². The van der Waals surface area contributed by atoms with Gasteiger partial charge in [-0.25, -0.2) is 4.57 Å². The van der Waals surface area contributed by atoms with E-state index in [0.29, 0.717) is 0 Å². The van der Waals surface area contributed by atoms with Gasteiger partial charge < -0.3 is 29.8 Å². The van der Waals surface area contributed by atoms with E-state index in [0.717, 1.165) is 0 Å². The normalized spacial score (nSPS) is 10.9. The fourth-order valence-corrected chi connectivity index (χ4v) is 1.79. The molecule has 0 aromatic rings. The van der Waals surface area contributed by atoms with E-state index in [2.05, 4.69) is 2.84 Å². The zero-order valence-electron chi connectivity index (χ0n) is 8.83. The molecule has 0 bridgehead atoms. The molecular formula is H7BCr2KO14P. The Balaban J connectivity index is -0.0000000964. The molecule has 0 spiro atoms. The molecule has 0 aliphatic rings. The molecule has 0 atom stereocenters. The van der Waals surface area contributed by atoms with Crippen LogP contribution in [0.4, 0.5) is 0 Å². The summed E-state index contributed by atoms with van der Waals surface area (Å²) < 4.78 is 66.5. The Morgan fingerprint density at radius 1 is 1.00 bits per heavy atom. The first kappa shape index (κ1) is 28.9. The second kappa shape index (κ2) is 12.4. The molecule has 0 aliphatic heterocycles. The molecule has 0 fully saturated rings. The van der Waals surface area contributed by atoms with Crippen LogP contribution in [-0.4, -0.2) is 41.2 Å². The minimum absolute atomic E-state index is 0. The van der Waals surface area contributed by atoms with Crippen molar-refractivity contribution in [1.82, 2.24) is 0 Å². The van der Waals surface area contributed by atoms with Gasteiger partial charge in [0.05, 0.1) is 0 Å². The molecule has 112 valence electrons. The molecule has 0 unspecified atom stereocenters. The van der Waals surface area contributed by atoms with Crippen molar-refractivity contribution in [2.24, 2.45) is 0 Å². The van der Waals surface area contributed by atoms with Gasteiger partial charge in [0.2, 0.25) is 0 Å². The maximum atomic E-state index is 9.49. The fourth-order valence-electron chi connectivity index (χ4n) is 0.105. The first-order valence-corrected chi connectivity index (χ1v) is 8.69. The molecule has 19 heteroatoms. The van der Waals surface area contributed by atoms with Crippen LogP contribution in [0.25, 0.3) is 0 Å². The van der Waals surface area contributed by atoms with Gasteiger partial charge >= 0.3 is 120 Å². The Labute approximate surface area is 152 Å². The predicted octanol–water partition coefficient (Wildman–Crippen LogP) is -8.27. The minimum atomic E-state index is -6.01. The Kier molecular flexibility index (Phi) is 18.9. The second-order valence-electron chi connectivity index (χ2n) is 1.76. The van der Waals surface area contributed by atoms with Gasteiger partial charge in [-0.1, -0.05) is 0 Å². The SMILES string of the molecule is O=P(O)(O)O.OB(O)O.[K+].[O]=[Cr](=[O])([O-])[O][Cr](=[O])(=[O])[OH]. The third-order valence-corrected chi connectivity index (χ3v) is 2.88. The third-order valence-electron chi connectivity index (χ3n) is 0.169. The first-order valence-electron chi connectivity index (χ1n) is 2.91. The van der Waals surface area contributed by atoms with E-state index in [-0.39, 0.29) is 51.4 Å². The van der Waals surface area contributed by atoms with E-state index in [9.17, 15) is 19.4 Å². The predicted molar refractivity (Wildman–Crippen MR) is 32.7 cm³/mol. The van der Waals surface area contributed by atoms with Gasteiger partial charge in [0.1, 0.15) is 0 Å². The van der Waals surface area contributed by atoms with Gasteiger partial charge in [0.25, 0.3) is 0 Å². The van der Waals surface area contributed by atoms with Gasteiger partial charge in [-0.15, -0.1) is 0 Å². The van der Waals surface area contributed by atoms with Crippen LogP contribution in [0.3, 0.4) is 0 Å². The van der Waals surface area contributed by atoms with E-state index in [4.69, 9.17) is 38.5 Å². The number of hydrogen-bond donors (Lipinski definition) is 7. The standard InChI is InChI=1S/BH3O3.2Cr.K.H3O4P.H2O.6O/c2-1(3)4;;;;1-5(2,3)4;;;;;;;/h2-4H;;;;(H3,1,2,3,4);1H2;;;;;;/q;;2*+1;;;;;;;;-1/p-1. The van der Waals surface area contributed by atoms with Gasteiger partial charge in [-0.3, -0.25) is 0 Å². The van der Waals surface area contributed by atoms with Crippen molar-refractivity contribution in [2.45, 2.75) is 0 Å². The number of rotatable bonds is 2. The average molecular weight is 416 g/mol. The van der Waals surface area contributed by atoms with Gasteiger partial charge in [-0.05, 0) is 0 Å². The quantitative estimate of drug-likeness (QED) is 0.163. The van der Waals surface area contributed by atoms with Gasteiger partial charge in [0, 0.05) is 0 Å². The zero-order chi connectivity index (χ0) is 15.8. The van der Waals surface area contributed by atoms with Crippen LogP contribution in [0.2, 0.25) is 0 Å². The second-order valence-corrected chi connectivity index (χ2v) is 6.49. The number of hydrogen-bond acceptors (Lipinski definition) is 10. The van der Waals surface area contributed by atoms with Crippen molar-refractivity contribution in [3.05, 3.63) is 0 Å². The molecule has 0 saturated heterocycles. The topological polar surface area (TPSA) is 259 Å². The van der Waals surface area contributed by atoms with Crippen molar-refractivity contribution in [2.75, 3.05) is 0 Å². The van der Waals surface area contributed by atoms with Crippen LogP contribution in [0, 0.1) is 0 Å². The summed E-state index contributed by atoms with van der Waals surface area (Å²) in [5.74, 6) is 0. The molecule has 0 aliphatic carbocycles. The molecule has 0 amide bonds. The Bertz CT molecular complexity index is 399. The Morgan fingerprint density at radius 3 is 1.16 bits per heavy atom. The molecule has 0 rings (SSSR count). The molecule has 0 saturated carbocycles. The van der Waals surface area contributed by atoms with Crippen molar-refractivity contribution < 1.29 is 139 Å². The zero-order valence-corrected chi connectivity index (χ0v) is 15.4. The summed E-state index contributed by atoms with van der Waals surface area (Å²) in [6.07, 6.45) is 0. The van der Waals surface area contributed by atoms with E-state index in [1.165, 1.54) is 0 Å². The summed E-state index contributed by atoms with van der Waals surface area (Å²) in [6, 6.07) is 0. The monoisotopic (exact) mass is 416 g/mol. The molecule has 0 heterocycles. The number of phosphoric acid groups is 1. The summed E-state index contributed by atoms with van der Waals surface area (Å²) in [4.78, 5) is 21.6. The van der Waals surface area contributed by atoms with Crippen LogP contribution < -0.4 is 55.5 Å². The average Bonchev–Trinajstić information content (AvgIpc) is 1.67. The van der Waals surface area contributed by atoms with E-state index >= 15 is 0 Å². The first-order chi connectivity index (χ1) is 7.44. The molecule has 7 N–H and O–H groups in total. The molecule has 0 aromatic carbocycles. The van der Waals surface area contributed by atoms with Crippen molar-refractivity contribution in [3.8, 4) is 0 Å². The Morgan fingerprint density at radius 2 is 1.16 bits per heavy atom. The molecule has 19 heavy (non-hydrogen) atoms. The van der Waals surface area contributed by atoms with Crippen molar-refractivity contribution in [3.63, 3.8) is 0 Å². The third kappa shape index (κ3) is 103. The van der Waals surface area contributed by atoms with Gasteiger partial charge in [-0.2, -0.15) is 0 Å². The van der Waals surface area contributed by atoms with Crippen molar-refractivity contribution >= 4 is 15.1 Å². The molecular weight excluding hydrogens is 409 g/mol. The van der Waals surface area contributed by atoms with Crippen molar-refractivity contribution in [1.29, 1.82) is 0 Å². The summed E-state index contributed by atoms with van der Waals surface area (Å²) in [5, 5.41) is 21.5.